The van der Waals surface area contributed by atoms with Crippen molar-refractivity contribution in [1.29, 1.82) is 0 Å². The number of carbonyl (C=O) groups is 1. The Hall–Kier alpha value is -0.670. The van der Waals surface area contributed by atoms with Gasteiger partial charge in [-0.05, 0) is 19.8 Å². The van der Waals surface area contributed by atoms with Gasteiger partial charge in [-0.25, -0.2) is 0 Å². The molecule has 3 nitrogen and oxygen atoms in total. The fraction of sp³-hybridized carbons (Fsp3) is 0.625. The maximum atomic E-state index is 10.9. The van der Waals surface area contributed by atoms with E-state index in [2.05, 4.69) is 0 Å². The Morgan fingerprint density at radius 2 is 2.36 bits per heavy atom. The molecule has 11 heavy (non-hydrogen) atoms. The second kappa shape index (κ2) is 2.75. The number of Topliss-reactive ketones (excluding diaryl/α,β-unsaturated/α-hetero) is 1. The molecule has 0 saturated heterocycles. The standard InChI is InChI=1S/C8H12O3/c1-6(9)8(11)5-3-2-4-7(8)10/h2,4,7,10-11H,3,5H2,1H3/t7-,8-/m1/s1. The van der Waals surface area contributed by atoms with Crippen LogP contribution in [0.15, 0.2) is 12.2 Å². The molecule has 1 aliphatic carbocycles. The third-order valence-electron chi connectivity index (χ3n) is 2.11. The number of aliphatic hydroxyl groups excluding tert-OH is 1. The molecular weight excluding hydrogens is 144 g/mol. The lowest BCUT2D eigenvalue weighted by atomic mass is 9.84. The van der Waals surface area contributed by atoms with Gasteiger partial charge in [-0.1, -0.05) is 12.2 Å². The van der Waals surface area contributed by atoms with Crippen LogP contribution in [0.2, 0.25) is 0 Å². The summed E-state index contributed by atoms with van der Waals surface area (Å²) in [4.78, 5) is 10.9. The Kier molecular flexibility index (Phi) is 2.11. The van der Waals surface area contributed by atoms with Crippen LogP contribution in [0.4, 0.5) is 0 Å². The maximum Gasteiger partial charge on any atom is 0.164 e. The number of ketones is 1. The number of aliphatic hydroxyl groups is 2. The third-order valence-corrected chi connectivity index (χ3v) is 2.11. The lowest BCUT2D eigenvalue weighted by Crippen LogP contribution is -2.48. The molecule has 0 amide bonds. The van der Waals surface area contributed by atoms with E-state index >= 15 is 0 Å². The largest absolute Gasteiger partial charge is 0.386 e. The molecule has 0 aliphatic heterocycles. The molecule has 0 spiro atoms. The summed E-state index contributed by atoms with van der Waals surface area (Å²) < 4.78 is 0. The fourth-order valence-corrected chi connectivity index (χ4v) is 1.22. The highest BCUT2D eigenvalue weighted by molar-refractivity contribution is 5.85. The first-order valence-electron chi connectivity index (χ1n) is 3.65. The predicted octanol–water partition coefficient (Wildman–Crippen LogP) is 0.0174. The first-order valence-corrected chi connectivity index (χ1v) is 3.65. The average molecular weight is 156 g/mol. The number of rotatable bonds is 1. The molecule has 3 heteroatoms. The maximum absolute atomic E-state index is 10.9. The topological polar surface area (TPSA) is 57.5 Å². The Morgan fingerprint density at radius 3 is 2.73 bits per heavy atom. The van der Waals surface area contributed by atoms with E-state index in [0.717, 1.165) is 0 Å². The molecule has 0 aromatic rings. The van der Waals surface area contributed by atoms with Crippen molar-refractivity contribution >= 4 is 5.78 Å². The van der Waals surface area contributed by atoms with Crippen molar-refractivity contribution < 1.29 is 15.0 Å². The molecule has 2 N–H and O–H groups in total. The summed E-state index contributed by atoms with van der Waals surface area (Å²) in [5.74, 6) is -0.366. The van der Waals surface area contributed by atoms with Gasteiger partial charge in [-0.3, -0.25) is 4.79 Å². The third kappa shape index (κ3) is 1.34. The lowest BCUT2D eigenvalue weighted by molar-refractivity contribution is -0.146. The summed E-state index contributed by atoms with van der Waals surface area (Å²) in [6, 6.07) is 0. The van der Waals surface area contributed by atoms with Crippen LogP contribution in [0.1, 0.15) is 19.8 Å². The molecule has 0 fully saturated rings. The Balaban J connectivity index is 2.85. The Bertz CT molecular complexity index is 198. The van der Waals surface area contributed by atoms with Gasteiger partial charge in [0.25, 0.3) is 0 Å². The molecule has 0 unspecified atom stereocenters. The smallest absolute Gasteiger partial charge is 0.164 e. The van der Waals surface area contributed by atoms with Gasteiger partial charge in [-0.15, -0.1) is 0 Å². The highest BCUT2D eigenvalue weighted by Gasteiger charge is 2.39. The first-order chi connectivity index (χ1) is 5.07. The second-order valence-corrected chi connectivity index (χ2v) is 2.89. The number of carbonyl (C=O) groups excluding carboxylic acids is 1. The van der Waals surface area contributed by atoms with Crippen molar-refractivity contribution in [2.45, 2.75) is 31.5 Å². The summed E-state index contributed by atoms with van der Waals surface area (Å²) >= 11 is 0. The zero-order valence-electron chi connectivity index (χ0n) is 6.45. The molecule has 0 aromatic carbocycles. The van der Waals surface area contributed by atoms with Crippen LogP contribution in [-0.2, 0) is 4.79 Å². The highest BCUT2D eigenvalue weighted by atomic mass is 16.3. The first kappa shape index (κ1) is 8.43. The van der Waals surface area contributed by atoms with Gasteiger partial charge in [0.2, 0.25) is 0 Å². The van der Waals surface area contributed by atoms with E-state index in [1.165, 1.54) is 13.0 Å². The van der Waals surface area contributed by atoms with Gasteiger partial charge in [0.05, 0.1) is 0 Å². The van der Waals surface area contributed by atoms with Gasteiger partial charge >= 0.3 is 0 Å². The summed E-state index contributed by atoms with van der Waals surface area (Å²) in [5, 5.41) is 18.8. The molecule has 2 atom stereocenters. The van der Waals surface area contributed by atoms with Crippen LogP contribution >= 0.6 is 0 Å². The minimum atomic E-state index is -1.53. The van der Waals surface area contributed by atoms with Crippen molar-refractivity contribution in [3.05, 3.63) is 12.2 Å². The van der Waals surface area contributed by atoms with E-state index in [9.17, 15) is 15.0 Å². The monoisotopic (exact) mass is 156 g/mol. The molecule has 62 valence electrons. The lowest BCUT2D eigenvalue weighted by Gasteiger charge is -2.30. The molecule has 0 aromatic heterocycles. The minimum Gasteiger partial charge on any atom is -0.386 e. The average Bonchev–Trinajstić information content (AvgIpc) is 1.95. The van der Waals surface area contributed by atoms with Gasteiger partial charge in [0, 0.05) is 0 Å². The quantitative estimate of drug-likeness (QED) is 0.526. The van der Waals surface area contributed by atoms with Crippen LogP contribution in [-0.4, -0.2) is 27.7 Å². The summed E-state index contributed by atoms with van der Waals surface area (Å²) in [7, 11) is 0. The Labute approximate surface area is 65.3 Å². The Morgan fingerprint density at radius 1 is 1.73 bits per heavy atom. The van der Waals surface area contributed by atoms with E-state index in [4.69, 9.17) is 0 Å². The van der Waals surface area contributed by atoms with E-state index in [1.807, 2.05) is 0 Å². The number of hydrogen-bond donors (Lipinski definition) is 2. The van der Waals surface area contributed by atoms with E-state index in [0.29, 0.717) is 12.8 Å². The van der Waals surface area contributed by atoms with Crippen LogP contribution in [0, 0.1) is 0 Å². The summed E-state index contributed by atoms with van der Waals surface area (Å²) in [5.41, 5.74) is -1.53. The zero-order valence-corrected chi connectivity index (χ0v) is 6.45. The molecule has 0 radical (unpaired) electrons. The summed E-state index contributed by atoms with van der Waals surface area (Å²) in [6.07, 6.45) is 3.16. The van der Waals surface area contributed by atoms with Gasteiger partial charge in [-0.2, -0.15) is 0 Å². The van der Waals surface area contributed by atoms with E-state index < -0.39 is 11.7 Å². The van der Waals surface area contributed by atoms with Crippen molar-refractivity contribution in [3.8, 4) is 0 Å². The van der Waals surface area contributed by atoms with Crippen molar-refractivity contribution in [2.75, 3.05) is 0 Å². The summed E-state index contributed by atoms with van der Waals surface area (Å²) in [6.45, 7) is 1.29. The number of hydrogen-bond acceptors (Lipinski definition) is 3. The fourth-order valence-electron chi connectivity index (χ4n) is 1.22. The zero-order chi connectivity index (χ0) is 8.48. The molecule has 1 rings (SSSR count). The van der Waals surface area contributed by atoms with Crippen LogP contribution < -0.4 is 0 Å². The van der Waals surface area contributed by atoms with Crippen LogP contribution in [0.5, 0.6) is 0 Å². The molecule has 0 saturated carbocycles. The van der Waals surface area contributed by atoms with Gasteiger partial charge < -0.3 is 10.2 Å². The normalized spacial score (nSPS) is 37.2. The molecular formula is C8H12O3. The van der Waals surface area contributed by atoms with E-state index in [-0.39, 0.29) is 5.78 Å². The van der Waals surface area contributed by atoms with Gasteiger partial charge in [0.1, 0.15) is 6.10 Å². The second-order valence-electron chi connectivity index (χ2n) is 2.89. The van der Waals surface area contributed by atoms with Crippen LogP contribution in [0.3, 0.4) is 0 Å². The SMILES string of the molecule is CC(=O)[C@]1(O)CCC=C[C@H]1O. The molecule has 0 bridgehead atoms. The minimum absolute atomic E-state index is 0.319. The van der Waals surface area contributed by atoms with Crippen molar-refractivity contribution in [3.63, 3.8) is 0 Å². The predicted molar refractivity (Wildman–Crippen MR) is 40.0 cm³/mol. The molecule has 0 heterocycles. The van der Waals surface area contributed by atoms with Crippen molar-refractivity contribution in [2.24, 2.45) is 0 Å². The number of allylic oxidation sites excluding steroid dienone is 1. The van der Waals surface area contributed by atoms with Crippen LogP contribution in [0.25, 0.3) is 0 Å². The van der Waals surface area contributed by atoms with Crippen molar-refractivity contribution in [1.82, 2.24) is 0 Å². The van der Waals surface area contributed by atoms with E-state index in [1.54, 1.807) is 6.08 Å². The molecule has 1 aliphatic rings. The highest BCUT2D eigenvalue weighted by Crippen LogP contribution is 2.24. The van der Waals surface area contributed by atoms with Gasteiger partial charge in [0.15, 0.2) is 11.4 Å².